The van der Waals surface area contributed by atoms with Gasteiger partial charge >= 0.3 is 0 Å². The van der Waals surface area contributed by atoms with Gasteiger partial charge in [-0.1, -0.05) is 12.1 Å². The Balaban J connectivity index is 1.97. The Bertz CT molecular complexity index is 323. The molecule has 82 valence electrons. The zero-order chi connectivity index (χ0) is 10.7. The first-order valence-corrected chi connectivity index (χ1v) is 5.37. The molecular weight excluding hydrogens is 193 g/mol. The van der Waals surface area contributed by atoms with Gasteiger partial charge in [0, 0.05) is 6.54 Å². The van der Waals surface area contributed by atoms with Gasteiger partial charge in [-0.2, -0.15) is 0 Å². The van der Waals surface area contributed by atoms with E-state index < -0.39 is 0 Å². The van der Waals surface area contributed by atoms with Gasteiger partial charge in [0.15, 0.2) is 0 Å². The highest BCUT2D eigenvalue weighted by Crippen LogP contribution is 2.21. The van der Waals surface area contributed by atoms with Crippen LogP contribution < -0.4 is 5.32 Å². The zero-order valence-electron chi connectivity index (χ0n) is 8.87. The van der Waals surface area contributed by atoms with Crippen LogP contribution in [0, 0.1) is 5.82 Å². The number of ether oxygens (including phenoxy) is 1. The van der Waals surface area contributed by atoms with Crippen molar-refractivity contribution in [2.24, 2.45) is 0 Å². The van der Waals surface area contributed by atoms with Crippen LogP contribution in [0.25, 0.3) is 0 Å². The van der Waals surface area contributed by atoms with Crippen LogP contribution >= 0.6 is 0 Å². The summed E-state index contributed by atoms with van der Waals surface area (Å²) in [6, 6.07) is 6.61. The molecule has 1 saturated heterocycles. The van der Waals surface area contributed by atoms with E-state index in [-0.39, 0.29) is 18.0 Å². The fraction of sp³-hybridized carbons (Fsp3) is 0.500. The van der Waals surface area contributed by atoms with Gasteiger partial charge in [0.1, 0.15) is 5.82 Å². The molecule has 0 aliphatic carbocycles. The summed E-state index contributed by atoms with van der Waals surface area (Å²) in [5.41, 5.74) is 0.905. The fourth-order valence-electron chi connectivity index (χ4n) is 1.87. The molecule has 0 aromatic heterocycles. The summed E-state index contributed by atoms with van der Waals surface area (Å²) in [5.74, 6) is -0.201. The fourth-order valence-corrected chi connectivity index (χ4v) is 1.87. The van der Waals surface area contributed by atoms with Crippen LogP contribution in [0.3, 0.4) is 0 Å². The van der Waals surface area contributed by atoms with E-state index in [0.29, 0.717) is 0 Å². The third kappa shape index (κ3) is 2.76. The molecule has 1 aliphatic heterocycles. The summed E-state index contributed by atoms with van der Waals surface area (Å²) < 4.78 is 18.8. The maximum Gasteiger partial charge on any atom is 0.123 e. The van der Waals surface area contributed by atoms with Gasteiger partial charge in [-0.3, -0.25) is 0 Å². The Morgan fingerprint density at radius 2 is 2.40 bits per heavy atom. The van der Waals surface area contributed by atoms with Crippen LogP contribution in [0.15, 0.2) is 24.3 Å². The van der Waals surface area contributed by atoms with Gasteiger partial charge in [0.25, 0.3) is 0 Å². The molecule has 1 fully saturated rings. The minimum absolute atomic E-state index is 0.0365. The van der Waals surface area contributed by atoms with Crippen LogP contribution in [0.5, 0.6) is 0 Å². The number of halogens is 1. The Labute approximate surface area is 89.4 Å². The highest BCUT2D eigenvalue weighted by atomic mass is 19.1. The number of hydrogen-bond donors (Lipinski definition) is 1. The van der Waals surface area contributed by atoms with E-state index in [1.807, 2.05) is 13.0 Å². The molecule has 2 rings (SSSR count). The Kier molecular flexibility index (Phi) is 3.34. The van der Waals surface area contributed by atoms with E-state index in [1.54, 1.807) is 6.07 Å². The predicted octanol–water partition coefficient (Wildman–Crippen LogP) is 2.27. The van der Waals surface area contributed by atoms with E-state index in [2.05, 4.69) is 5.32 Å². The highest BCUT2D eigenvalue weighted by Gasteiger charge is 2.18. The summed E-state index contributed by atoms with van der Waals surface area (Å²) >= 11 is 0. The summed E-state index contributed by atoms with van der Waals surface area (Å²) in [6.07, 6.45) is 1.27. The van der Waals surface area contributed by atoms with Crippen LogP contribution in [-0.2, 0) is 4.74 Å². The van der Waals surface area contributed by atoms with E-state index in [0.717, 1.165) is 25.1 Å². The summed E-state index contributed by atoms with van der Waals surface area (Å²) in [7, 11) is 0. The van der Waals surface area contributed by atoms with Gasteiger partial charge in [-0.25, -0.2) is 4.39 Å². The van der Waals surface area contributed by atoms with Crippen molar-refractivity contribution < 1.29 is 9.13 Å². The summed E-state index contributed by atoms with van der Waals surface area (Å²) in [6.45, 7) is 3.88. The molecule has 2 atom stereocenters. The van der Waals surface area contributed by atoms with Gasteiger partial charge in [-0.05, 0) is 37.6 Å². The number of hydrogen-bond acceptors (Lipinski definition) is 2. The van der Waals surface area contributed by atoms with Crippen molar-refractivity contribution in [3.8, 4) is 0 Å². The SMILES string of the molecule is C[C@@H](O[C@H]1CCNC1)c1cccc(F)c1. The van der Waals surface area contributed by atoms with Gasteiger partial charge in [0.05, 0.1) is 12.2 Å². The third-order valence-electron chi connectivity index (χ3n) is 2.73. The van der Waals surface area contributed by atoms with Crippen LogP contribution in [0.2, 0.25) is 0 Å². The molecule has 0 bridgehead atoms. The lowest BCUT2D eigenvalue weighted by Crippen LogP contribution is -2.18. The maximum absolute atomic E-state index is 13.0. The number of rotatable bonds is 3. The minimum Gasteiger partial charge on any atom is -0.369 e. The largest absolute Gasteiger partial charge is 0.369 e. The highest BCUT2D eigenvalue weighted by molar-refractivity contribution is 5.18. The minimum atomic E-state index is -0.201. The molecule has 1 aromatic rings. The number of nitrogens with one attached hydrogen (secondary N) is 1. The molecule has 1 N–H and O–H groups in total. The van der Waals surface area contributed by atoms with Gasteiger partial charge in [-0.15, -0.1) is 0 Å². The lowest BCUT2D eigenvalue weighted by Gasteiger charge is -2.18. The average Bonchev–Trinajstić information content (AvgIpc) is 2.70. The van der Waals surface area contributed by atoms with Crippen molar-refractivity contribution >= 4 is 0 Å². The third-order valence-corrected chi connectivity index (χ3v) is 2.73. The molecule has 0 radical (unpaired) electrons. The lowest BCUT2D eigenvalue weighted by molar-refractivity contribution is 0.00814. The molecular formula is C12H16FNO. The van der Waals surface area contributed by atoms with Crippen molar-refractivity contribution in [2.75, 3.05) is 13.1 Å². The van der Waals surface area contributed by atoms with Gasteiger partial charge in [0.2, 0.25) is 0 Å². The van der Waals surface area contributed by atoms with Crippen molar-refractivity contribution in [3.63, 3.8) is 0 Å². The smallest absolute Gasteiger partial charge is 0.123 e. The molecule has 1 heterocycles. The van der Waals surface area contributed by atoms with Crippen molar-refractivity contribution in [2.45, 2.75) is 25.6 Å². The van der Waals surface area contributed by atoms with Crippen molar-refractivity contribution in [1.29, 1.82) is 0 Å². The van der Waals surface area contributed by atoms with Crippen molar-refractivity contribution in [3.05, 3.63) is 35.6 Å². The van der Waals surface area contributed by atoms with Crippen LogP contribution in [0.4, 0.5) is 4.39 Å². The topological polar surface area (TPSA) is 21.3 Å². The molecule has 0 unspecified atom stereocenters. The lowest BCUT2D eigenvalue weighted by atomic mass is 10.1. The molecule has 0 saturated carbocycles. The normalized spacial score (nSPS) is 22.9. The van der Waals surface area contributed by atoms with Crippen LogP contribution in [-0.4, -0.2) is 19.2 Å². The second kappa shape index (κ2) is 4.73. The average molecular weight is 209 g/mol. The van der Waals surface area contributed by atoms with E-state index in [1.165, 1.54) is 12.1 Å². The second-order valence-corrected chi connectivity index (χ2v) is 3.95. The molecule has 3 heteroatoms. The quantitative estimate of drug-likeness (QED) is 0.824. The van der Waals surface area contributed by atoms with Gasteiger partial charge < -0.3 is 10.1 Å². The van der Waals surface area contributed by atoms with Crippen molar-refractivity contribution in [1.82, 2.24) is 5.32 Å². The standard InChI is InChI=1S/C12H16FNO/c1-9(15-12-5-6-14-8-12)10-3-2-4-11(13)7-10/h2-4,7,9,12,14H,5-6,8H2,1H3/t9-,12+/m1/s1. The van der Waals surface area contributed by atoms with Crippen LogP contribution in [0.1, 0.15) is 25.0 Å². The Morgan fingerprint density at radius 3 is 3.07 bits per heavy atom. The molecule has 15 heavy (non-hydrogen) atoms. The molecule has 1 aliphatic rings. The second-order valence-electron chi connectivity index (χ2n) is 3.95. The first-order valence-electron chi connectivity index (χ1n) is 5.37. The Hall–Kier alpha value is -0.930. The molecule has 1 aromatic carbocycles. The molecule has 2 nitrogen and oxygen atoms in total. The van der Waals surface area contributed by atoms with E-state index in [4.69, 9.17) is 4.74 Å². The number of benzene rings is 1. The predicted molar refractivity (Wildman–Crippen MR) is 57.2 cm³/mol. The monoisotopic (exact) mass is 209 g/mol. The van der Waals surface area contributed by atoms with E-state index in [9.17, 15) is 4.39 Å². The zero-order valence-corrected chi connectivity index (χ0v) is 8.87. The Morgan fingerprint density at radius 1 is 1.53 bits per heavy atom. The van der Waals surface area contributed by atoms with E-state index >= 15 is 0 Å². The maximum atomic E-state index is 13.0. The summed E-state index contributed by atoms with van der Waals surface area (Å²) in [5, 5.41) is 3.24. The first-order chi connectivity index (χ1) is 7.25. The molecule has 0 spiro atoms. The molecule has 0 amide bonds. The summed E-state index contributed by atoms with van der Waals surface area (Å²) in [4.78, 5) is 0. The first kappa shape index (κ1) is 10.6.